The van der Waals surface area contributed by atoms with Gasteiger partial charge in [-0.05, 0) is 47.5 Å². The number of ether oxygens (including phenoxy) is 2. The molecule has 0 radical (unpaired) electrons. The van der Waals surface area contributed by atoms with E-state index in [1.54, 1.807) is 48.4 Å². The minimum Gasteiger partial charge on any atom is -0.497 e. The number of carbonyl (C=O) groups is 2. The molecule has 1 amide bonds. The zero-order valence-electron chi connectivity index (χ0n) is 18.7. The van der Waals surface area contributed by atoms with Crippen LogP contribution in [0, 0.1) is 0 Å². The molecule has 35 heavy (non-hydrogen) atoms. The molecule has 0 bridgehead atoms. The Bertz CT molecular complexity index is 1430. The van der Waals surface area contributed by atoms with E-state index in [-0.39, 0.29) is 12.3 Å². The highest BCUT2D eigenvalue weighted by Gasteiger charge is 2.36. The number of carboxylic acids is 1. The number of hydrogen-bond acceptors (Lipinski definition) is 6. The summed E-state index contributed by atoms with van der Waals surface area (Å²) in [5.74, 6) is -0.278. The lowest BCUT2D eigenvalue weighted by Crippen LogP contribution is -2.32. The lowest BCUT2D eigenvalue weighted by molar-refractivity contribution is -0.139. The van der Waals surface area contributed by atoms with Crippen LogP contribution in [0.4, 0.5) is 0 Å². The number of amides is 1. The summed E-state index contributed by atoms with van der Waals surface area (Å²) in [6.07, 6.45) is 0.0105. The van der Waals surface area contributed by atoms with E-state index in [0.29, 0.717) is 45.3 Å². The van der Waals surface area contributed by atoms with Gasteiger partial charge >= 0.3 is 5.97 Å². The van der Waals surface area contributed by atoms with Gasteiger partial charge in [-0.3, -0.25) is 4.79 Å². The van der Waals surface area contributed by atoms with E-state index in [1.165, 1.54) is 0 Å². The number of carbonyl (C=O) groups excluding carboxylic acids is 1. The number of rotatable bonds is 7. The van der Waals surface area contributed by atoms with E-state index in [4.69, 9.17) is 30.7 Å². The summed E-state index contributed by atoms with van der Waals surface area (Å²) in [6, 6.07) is 17.5. The van der Waals surface area contributed by atoms with Crippen molar-refractivity contribution in [1.29, 1.82) is 0 Å². The van der Waals surface area contributed by atoms with Gasteiger partial charge in [0.2, 0.25) is 5.91 Å². The third-order valence-corrected chi connectivity index (χ3v) is 6.25. The minimum absolute atomic E-state index is 0.0105. The van der Waals surface area contributed by atoms with E-state index >= 15 is 0 Å². The molecular formula is C26H21ClN2O6. The Morgan fingerprint density at radius 2 is 1.97 bits per heavy atom. The molecule has 5 rings (SSSR count). The van der Waals surface area contributed by atoms with Gasteiger partial charge in [0, 0.05) is 22.5 Å². The van der Waals surface area contributed by atoms with Crippen molar-refractivity contribution in [3.63, 3.8) is 0 Å². The number of fused-ring (bicyclic) bond motifs is 2. The Balaban J connectivity index is 1.53. The topological polar surface area (TPSA) is 102 Å². The monoisotopic (exact) mass is 492 g/mol. The fourth-order valence-electron chi connectivity index (χ4n) is 4.43. The second-order valence-corrected chi connectivity index (χ2v) is 8.59. The van der Waals surface area contributed by atoms with Crippen molar-refractivity contribution < 1.29 is 28.7 Å². The van der Waals surface area contributed by atoms with Crippen LogP contribution >= 0.6 is 11.6 Å². The molecule has 9 heteroatoms. The SMILES string of the molecule is COc1ccc2onc(CC(=O)N3Cc4ccccc4C3c3cc(Cl)ccc3OCC(=O)O)c2c1. The molecule has 0 aliphatic carbocycles. The smallest absolute Gasteiger partial charge is 0.341 e. The zero-order chi connectivity index (χ0) is 24.5. The van der Waals surface area contributed by atoms with Gasteiger partial charge < -0.3 is 24.0 Å². The molecule has 1 aromatic heterocycles. The molecule has 0 fully saturated rings. The minimum atomic E-state index is -1.10. The second kappa shape index (κ2) is 9.31. The van der Waals surface area contributed by atoms with Crippen LogP contribution in [0.3, 0.4) is 0 Å². The van der Waals surface area contributed by atoms with Crippen molar-refractivity contribution in [3.05, 3.63) is 88.1 Å². The molecule has 1 aliphatic rings. The molecule has 4 aromatic rings. The molecule has 2 heterocycles. The first-order chi connectivity index (χ1) is 16.9. The predicted molar refractivity (Wildman–Crippen MR) is 128 cm³/mol. The van der Waals surface area contributed by atoms with Crippen LogP contribution < -0.4 is 9.47 Å². The van der Waals surface area contributed by atoms with Gasteiger partial charge in [0.1, 0.15) is 17.2 Å². The molecule has 178 valence electrons. The Labute approximate surface area is 205 Å². The van der Waals surface area contributed by atoms with Gasteiger partial charge in [0.25, 0.3) is 0 Å². The van der Waals surface area contributed by atoms with Crippen LogP contribution in [-0.4, -0.2) is 40.8 Å². The first-order valence-electron chi connectivity index (χ1n) is 10.9. The highest BCUT2D eigenvalue weighted by molar-refractivity contribution is 6.30. The van der Waals surface area contributed by atoms with Crippen LogP contribution in [0.1, 0.15) is 28.4 Å². The van der Waals surface area contributed by atoms with Gasteiger partial charge in [0.15, 0.2) is 12.2 Å². The summed E-state index contributed by atoms with van der Waals surface area (Å²) >= 11 is 6.31. The summed E-state index contributed by atoms with van der Waals surface area (Å²) in [4.78, 5) is 26.5. The van der Waals surface area contributed by atoms with E-state index < -0.39 is 18.6 Å². The van der Waals surface area contributed by atoms with Crippen molar-refractivity contribution in [2.75, 3.05) is 13.7 Å². The van der Waals surface area contributed by atoms with Gasteiger partial charge in [-0.2, -0.15) is 0 Å². The highest BCUT2D eigenvalue weighted by Crippen LogP contribution is 2.43. The third kappa shape index (κ3) is 4.40. The molecule has 1 atom stereocenters. The van der Waals surface area contributed by atoms with Crippen molar-refractivity contribution in [2.45, 2.75) is 19.0 Å². The Hall–Kier alpha value is -4.04. The highest BCUT2D eigenvalue weighted by atomic mass is 35.5. The predicted octanol–water partition coefficient (Wildman–Crippen LogP) is 4.63. The fourth-order valence-corrected chi connectivity index (χ4v) is 4.61. The van der Waals surface area contributed by atoms with Gasteiger partial charge in [0.05, 0.1) is 19.6 Å². The maximum Gasteiger partial charge on any atom is 0.341 e. The average Bonchev–Trinajstić information content (AvgIpc) is 3.44. The number of methoxy groups -OCH3 is 1. The molecule has 8 nitrogen and oxygen atoms in total. The average molecular weight is 493 g/mol. The molecule has 0 saturated heterocycles. The van der Waals surface area contributed by atoms with E-state index in [9.17, 15) is 9.59 Å². The van der Waals surface area contributed by atoms with E-state index in [2.05, 4.69) is 5.16 Å². The van der Waals surface area contributed by atoms with Crippen LogP contribution in [0.5, 0.6) is 11.5 Å². The number of aliphatic carboxylic acids is 1. The Morgan fingerprint density at radius 1 is 1.14 bits per heavy atom. The largest absolute Gasteiger partial charge is 0.497 e. The summed E-state index contributed by atoms with van der Waals surface area (Å²) in [5.41, 5.74) is 3.60. The second-order valence-electron chi connectivity index (χ2n) is 8.16. The Kier molecular flexibility index (Phi) is 6.05. The standard InChI is InChI=1S/C26H21ClN2O6/c1-33-17-7-9-23-19(11-17)21(28-35-23)12-24(30)29-13-15-4-2-3-5-18(15)26(29)20-10-16(27)6-8-22(20)34-14-25(31)32/h2-11,26H,12-14H2,1H3,(H,31,32). The summed E-state index contributed by atoms with van der Waals surface area (Å²) in [6.45, 7) is -0.132. The number of hydrogen-bond donors (Lipinski definition) is 1. The molecule has 1 aliphatic heterocycles. The lowest BCUT2D eigenvalue weighted by atomic mass is 9.97. The van der Waals surface area contributed by atoms with Crippen LogP contribution in [0.2, 0.25) is 5.02 Å². The number of benzene rings is 3. The van der Waals surface area contributed by atoms with Crippen molar-refractivity contribution >= 4 is 34.4 Å². The van der Waals surface area contributed by atoms with Crippen LogP contribution in [-0.2, 0) is 22.6 Å². The number of carboxylic acid groups (broad SMARTS) is 1. The van der Waals surface area contributed by atoms with Crippen molar-refractivity contribution in [3.8, 4) is 11.5 Å². The third-order valence-electron chi connectivity index (χ3n) is 6.01. The number of aromatic nitrogens is 1. The van der Waals surface area contributed by atoms with Crippen LogP contribution in [0.25, 0.3) is 11.0 Å². The molecule has 0 spiro atoms. The molecule has 1 N–H and O–H groups in total. The first kappa shape index (κ1) is 22.7. The summed E-state index contributed by atoms with van der Waals surface area (Å²) in [5, 5.41) is 14.4. The lowest BCUT2D eigenvalue weighted by Gasteiger charge is -2.27. The van der Waals surface area contributed by atoms with Crippen LogP contribution in [0.15, 0.2) is 65.2 Å². The van der Waals surface area contributed by atoms with E-state index in [0.717, 1.165) is 11.1 Å². The fraction of sp³-hybridized carbons (Fsp3) is 0.192. The maximum atomic E-state index is 13.7. The summed E-state index contributed by atoms with van der Waals surface area (Å²) in [7, 11) is 1.57. The molecule has 3 aromatic carbocycles. The molecule has 1 unspecified atom stereocenters. The van der Waals surface area contributed by atoms with Crippen molar-refractivity contribution in [1.82, 2.24) is 10.1 Å². The normalized spacial score (nSPS) is 14.7. The maximum absolute atomic E-state index is 13.7. The van der Waals surface area contributed by atoms with Gasteiger partial charge in [-0.25, -0.2) is 4.79 Å². The molecular weight excluding hydrogens is 472 g/mol. The summed E-state index contributed by atoms with van der Waals surface area (Å²) < 4.78 is 16.3. The molecule has 0 saturated carbocycles. The number of nitrogens with zero attached hydrogens (tertiary/aromatic N) is 2. The first-order valence-corrected chi connectivity index (χ1v) is 11.3. The van der Waals surface area contributed by atoms with E-state index in [1.807, 2.05) is 24.3 Å². The van der Waals surface area contributed by atoms with Gasteiger partial charge in [-0.15, -0.1) is 0 Å². The Morgan fingerprint density at radius 3 is 2.77 bits per heavy atom. The number of halogens is 1. The van der Waals surface area contributed by atoms with Crippen molar-refractivity contribution in [2.24, 2.45) is 0 Å². The zero-order valence-corrected chi connectivity index (χ0v) is 19.5. The van der Waals surface area contributed by atoms with Gasteiger partial charge in [-0.1, -0.05) is 41.0 Å². The quantitative estimate of drug-likeness (QED) is 0.401.